The molecule has 1 aliphatic rings. The highest BCUT2D eigenvalue weighted by Crippen LogP contribution is 2.22. The fourth-order valence-electron chi connectivity index (χ4n) is 1.62. The lowest BCUT2D eigenvalue weighted by Gasteiger charge is -2.12. The first kappa shape index (κ1) is 10.5. The van der Waals surface area contributed by atoms with E-state index in [1.807, 2.05) is 6.92 Å². The summed E-state index contributed by atoms with van der Waals surface area (Å²) >= 11 is 0. The molecule has 2 heteroatoms. The second-order valence-electron chi connectivity index (χ2n) is 3.47. The molecule has 0 heterocycles. The van der Waals surface area contributed by atoms with Crippen LogP contribution in [-0.4, -0.2) is 19.0 Å². The number of allylic oxidation sites excluding steroid dienone is 1. The number of rotatable bonds is 4. The maximum atomic E-state index is 11.3. The van der Waals surface area contributed by atoms with Crippen molar-refractivity contribution in [3.8, 4) is 0 Å². The summed E-state index contributed by atoms with van der Waals surface area (Å²) in [5.41, 5.74) is 1.32. The summed E-state index contributed by atoms with van der Waals surface area (Å²) in [5, 5.41) is 0. The second kappa shape index (κ2) is 5.92. The van der Waals surface area contributed by atoms with E-state index in [4.69, 9.17) is 4.74 Å². The molecule has 0 aromatic heterocycles. The molecule has 74 valence electrons. The maximum Gasteiger partial charge on any atom is 0.181 e. The normalized spacial score (nSPS) is 17.2. The Kier molecular flexibility index (Phi) is 4.76. The van der Waals surface area contributed by atoms with Crippen molar-refractivity contribution in [3.63, 3.8) is 0 Å². The second-order valence-corrected chi connectivity index (χ2v) is 3.47. The molecule has 1 aliphatic carbocycles. The molecule has 0 aliphatic heterocycles. The van der Waals surface area contributed by atoms with Gasteiger partial charge in [0.05, 0.1) is 0 Å². The van der Waals surface area contributed by atoms with E-state index in [-0.39, 0.29) is 12.4 Å². The maximum absolute atomic E-state index is 11.3. The van der Waals surface area contributed by atoms with Gasteiger partial charge in [-0.3, -0.25) is 4.79 Å². The van der Waals surface area contributed by atoms with Gasteiger partial charge in [0, 0.05) is 6.61 Å². The smallest absolute Gasteiger partial charge is 0.181 e. The Morgan fingerprint density at radius 2 is 2.08 bits per heavy atom. The van der Waals surface area contributed by atoms with E-state index in [1.165, 1.54) is 24.8 Å². The minimum absolute atomic E-state index is 0.124. The molecule has 0 atom stereocenters. The first-order valence-corrected chi connectivity index (χ1v) is 5.13. The SMILES string of the molecule is CCOCC(=O)C=C1CCCCC1. The van der Waals surface area contributed by atoms with Crippen molar-refractivity contribution >= 4 is 5.78 Å². The molecular formula is C11H18O2. The summed E-state index contributed by atoms with van der Waals surface area (Å²) in [4.78, 5) is 11.3. The molecule has 0 bridgehead atoms. The largest absolute Gasteiger partial charge is 0.374 e. The molecule has 0 amide bonds. The predicted molar refractivity (Wildman–Crippen MR) is 52.7 cm³/mol. The Morgan fingerprint density at radius 3 is 2.69 bits per heavy atom. The summed E-state index contributed by atoms with van der Waals surface area (Å²) in [6.07, 6.45) is 7.81. The van der Waals surface area contributed by atoms with E-state index < -0.39 is 0 Å². The van der Waals surface area contributed by atoms with E-state index in [2.05, 4.69) is 0 Å². The van der Waals surface area contributed by atoms with Crippen LogP contribution < -0.4 is 0 Å². The fraction of sp³-hybridized carbons (Fsp3) is 0.727. The molecule has 0 unspecified atom stereocenters. The predicted octanol–water partition coefficient (Wildman–Crippen LogP) is 2.48. The molecule has 0 aromatic carbocycles. The van der Waals surface area contributed by atoms with Crippen LogP contribution >= 0.6 is 0 Å². The standard InChI is InChI=1S/C11H18O2/c1-2-13-9-11(12)8-10-6-4-3-5-7-10/h8H,2-7,9H2,1H3. The minimum Gasteiger partial charge on any atom is -0.374 e. The Labute approximate surface area is 80.0 Å². The zero-order valence-electron chi connectivity index (χ0n) is 8.34. The third-order valence-corrected chi connectivity index (χ3v) is 2.31. The van der Waals surface area contributed by atoms with Gasteiger partial charge in [-0.25, -0.2) is 0 Å². The number of hydrogen-bond acceptors (Lipinski definition) is 2. The molecule has 2 nitrogen and oxygen atoms in total. The average molecular weight is 182 g/mol. The van der Waals surface area contributed by atoms with Crippen molar-refractivity contribution in [1.82, 2.24) is 0 Å². The average Bonchev–Trinajstić information content (AvgIpc) is 2.16. The van der Waals surface area contributed by atoms with Gasteiger partial charge in [0.15, 0.2) is 5.78 Å². The van der Waals surface area contributed by atoms with Crippen molar-refractivity contribution in [2.24, 2.45) is 0 Å². The van der Waals surface area contributed by atoms with Gasteiger partial charge in [0.25, 0.3) is 0 Å². The van der Waals surface area contributed by atoms with Gasteiger partial charge >= 0.3 is 0 Å². The van der Waals surface area contributed by atoms with Crippen LogP contribution in [0.4, 0.5) is 0 Å². The van der Waals surface area contributed by atoms with Crippen molar-refractivity contribution < 1.29 is 9.53 Å². The zero-order valence-corrected chi connectivity index (χ0v) is 8.34. The summed E-state index contributed by atoms with van der Waals surface area (Å²) in [5.74, 6) is 0.124. The van der Waals surface area contributed by atoms with Crippen molar-refractivity contribution in [2.75, 3.05) is 13.2 Å². The Morgan fingerprint density at radius 1 is 1.38 bits per heavy atom. The number of ether oxygens (including phenoxy) is 1. The Hall–Kier alpha value is -0.630. The number of ketones is 1. The molecule has 0 N–H and O–H groups in total. The Balaban J connectivity index is 2.30. The van der Waals surface area contributed by atoms with E-state index in [9.17, 15) is 4.79 Å². The van der Waals surface area contributed by atoms with Crippen LogP contribution in [-0.2, 0) is 9.53 Å². The van der Waals surface area contributed by atoms with Crippen molar-refractivity contribution in [1.29, 1.82) is 0 Å². The molecule has 1 rings (SSSR count). The first-order chi connectivity index (χ1) is 6.33. The molecular weight excluding hydrogens is 164 g/mol. The van der Waals surface area contributed by atoms with Gasteiger partial charge in [-0.05, 0) is 38.7 Å². The third kappa shape index (κ3) is 4.23. The van der Waals surface area contributed by atoms with Crippen molar-refractivity contribution in [3.05, 3.63) is 11.6 Å². The van der Waals surface area contributed by atoms with Gasteiger partial charge in [0.2, 0.25) is 0 Å². The zero-order chi connectivity index (χ0) is 9.52. The Bertz CT molecular complexity index is 186. The lowest BCUT2D eigenvalue weighted by Crippen LogP contribution is -2.07. The van der Waals surface area contributed by atoms with Crippen LogP contribution in [0, 0.1) is 0 Å². The number of carbonyl (C=O) groups is 1. The molecule has 0 aromatic rings. The topological polar surface area (TPSA) is 26.3 Å². The van der Waals surface area contributed by atoms with E-state index in [0.717, 1.165) is 12.8 Å². The quantitative estimate of drug-likeness (QED) is 0.624. The van der Waals surface area contributed by atoms with Crippen LogP contribution in [0.15, 0.2) is 11.6 Å². The van der Waals surface area contributed by atoms with Gasteiger partial charge in [0.1, 0.15) is 6.61 Å². The lowest BCUT2D eigenvalue weighted by atomic mass is 9.94. The summed E-state index contributed by atoms with van der Waals surface area (Å²) in [6, 6.07) is 0. The van der Waals surface area contributed by atoms with Gasteiger partial charge in [-0.15, -0.1) is 0 Å². The first-order valence-electron chi connectivity index (χ1n) is 5.13. The molecule has 0 spiro atoms. The minimum atomic E-state index is 0.124. The van der Waals surface area contributed by atoms with E-state index >= 15 is 0 Å². The molecule has 13 heavy (non-hydrogen) atoms. The third-order valence-electron chi connectivity index (χ3n) is 2.31. The fourth-order valence-corrected chi connectivity index (χ4v) is 1.62. The highest BCUT2D eigenvalue weighted by atomic mass is 16.5. The van der Waals surface area contributed by atoms with E-state index in [0.29, 0.717) is 6.61 Å². The van der Waals surface area contributed by atoms with Crippen LogP contribution in [0.5, 0.6) is 0 Å². The highest BCUT2D eigenvalue weighted by Gasteiger charge is 2.06. The van der Waals surface area contributed by atoms with E-state index in [1.54, 1.807) is 6.08 Å². The van der Waals surface area contributed by atoms with Crippen LogP contribution in [0.25, 0.3) is 0 Å². The summed E-state index contributed by atoms with van der Waals surface area (Å²) in [6.45, 7) is 2.77. The molecule has 1 fully saturated rings. The van der Waals surface area contributed by atoms with Gasteiger partial charge in [-0.2, -0.15) is 0 Å². The van der Waals surface area contributed by atoms with Gasteiger partial charge in [-0.1, -0.05) is 12.0 Å². The van der Waals surface area contributed by atoms with Crippen LogP contribution in [0.3, 0.4) is 0 Å². The number of carbonyl (C=O) groups excluding carboxylic acids is 1. The van der Waals surface area contributed by atoms with Crippen molar-refractivity contribution in [2.45, 2.75) is 39.0 Å². The summed E-state index contributed by atoms with van der Waals surface area (Å²) < 4.78 is 5.04. The van der Waals surface area contributed by atoms with Gasteiger partial charge < -0.3 is 4.74 Å². The molecule has 1 saturated carbocycles. The monoisotopic (exact) mass is 182 g/mol. The lowest BCUT2D eigenvalue weighted by molar-refractivity contribution is -0.118. The highest BCUT2D eigenvalue weighted by molar-refractivity contribution is 5.91. The summed E-state index contributed by atoms with van der Waals surface area (Å²) in [7, 11) is 0. The molecule has 0 radical (unpaired) electrons. The molecule has 0 saturated heterocycles. The van der Waals surface area contributed by atoms with Crippen LogP contribution in [0.1, 0.15) is 39.0 Å². The number of hydrogen-bond donors (Lipinski definition) is 0. The van der Waals surface area contributed by atoms with Crippen LogP contribution in [0.2, 0.25) is 0 Å².